The summed E-state index contributed by atoms with van der Waals surface area (Å²) in [5.74, 6) is 0.938. The average Bonchev–Trinajstić information content (AvgIpc) is 3.57. The van der Waals surface area contributed by atoms with Crippen LogP contribution in [-0.2, 0) is 20.5 Å². The lowest BCUT2D eigenvalue weighted by atomic mass is 9.77. The fourth-order valence-electron chi connectivity index (χ4n) is 5.51. The fourth-order valence-corrected chi connectivity index (χ4v) is 5.51. The van der Waals surface area contributed by atoms with Crippen LogP contribution in [0.5, 0.6) is 0 Å². The summed E-state index contributed by atoms with van der Waals surface area (Å²) in [4.78, 5) is 17.5. The number of ether oxygens (including phenoxy) is 1. The molecule has 1 aliphatic carbocycles. The Morgan fingerprint density at radius 3 is 2.38 bits per heavy atom. The molecule has 0 atom stereocenters. The lowest BCUT2D eigenvalue weighted by Gasteiger charge is -2.32. The number of nitrogens with one attached hydrogen (secondary N) is 2. The number of carbonyl (C=O) groups excluding carboxylic acids is 1. The van der Waals surface area contributed by atoms with Gasteiger partial charge in [-0.05, 0) is 79.0 Å². The minimum atomic E-state index is -0.602. The number of hydrogen-bond acceptors (Lipinski definition) is 6. The highest BCUT2D eigenvalue weighted by Gasteiger charge is 2.52. The third kappa shape index (κ3) is 4.83. The van der Waals surface area contributed by atoms with Gasteiger partial charge in [0.1, 0.15) is 12.4 Å². The first-order valence-electron chi connectivity index (χ1n) is 13.6. The van der Waals surface area contributed by atoms with Crippen LogP contribution < -0.4 is 10.6 Å². The Morgan fingerprint density at radius 2 is 1.72 bits per heavy atom. The molecule has 1 saturated heterocycles. The van der Waals surface area contributed by atoms with Crippen LogP contribution in [0.2, 0.25) is 0 Å². The molecular weight excluding hydrogens is 489 g/mol. The van der Waals surface area contributed by atoms with Gasteiger partial charge in [-0.25, -0.2) is 9.78 Å². The summed E-state index contributed by atoms with van der Waals surface area (Å²) >= 11 is 0. The molecule has 200 valence electrons. The molecule has 2 N–H and O–H groups in total. The van der Waals surface area contributed by atoms with Gasteiger partial charge in [-0.2, -0.15) is 0 Å². The second-order valence-corrected chi connectivity index (χ2v) is 11.4. The standard InChI is InChI=1S/C31H34BN3O4/c1-30(2)31(3,4)39-32(38-30)22(16-20-15-21-13-14-33-28(21)34-17-20)18-35-29(36)37-19-27-25-11-7-5-9-23(25)24-10-6-8-12-26(24)27/h5-12,15-17,27H,13-14,18-19H2,1-4H3,(H,33,34)(H,35,36). The van der Waals surface area contributed by atoms with E-state index < -0.39 is 24.4 Å². The van der Waals surface area contributed by atoms with Gasteiger partial charge in [-0.1, -0.05) is 54.6 Å². The predicted octanol–water partition coefficient (Wildman–Crippen LogP) is 5.60. The number of fused-ring (bicyclic) bond motifs is 4. The minimum Gasteiger partial charge on any atom is -0.449 e. The number of rotatable bonds is 6. The first kappa shape index (κ1) is 25.7. The van der Waals surface area contributed by atoms with Crippen LogP contribution in [0.15, 0.2) is 66.3 Å². The van der Waals surface area contributed by atoms with Crippen LogP contribution in [0.25, 0.3) is 17.2 Å². The number of nitrogens with zero attached hydrogens (tertiary/aromatic N) is 1. The molecule has 0 bridgehead atoms. The molecule has 39 heavy (non-hydrogen) atoms. The van der Waals surface area contributed by atoms with Gasteiger partial charge < -0.3 is 24.7 Å². The molecule has 7 nitrogen and oxygen atoms in total. The van der Waals surface area contributed by atoms with E-state index in [0.29, 0.717) is 0 Å². The number of carbonyl (C=O) groups is 1. The predicted molar refractivity (Wildman–Crippen MR) is 154 cm³/mol. The van der Waals surface area contributed by atoms with E-state index in [4.69, 9.17) is 14.0 Å². The lowest BCUT2D eigenvalue weighted by Crippen LogP contribution is -2.41. The Balaban J connectivity index is 1.17. The Bertz CT molecular complexity index is 1390. The van der Waals surface area contributed by atoms with Gasteiger partial charge in [0.25, 0.3) is 0 Å². The van der Waals surface area contributed by atoms with E-state index >= 15 is 0 Å². The molecule has 0 spiro atoms. The summed E-state index contributed by atoms with van der Waals surface area (Å²) < 4.78 is 18.4. The number of benzene rings is 2. The van der Waals surface area contributed by atoms with E-state index in [0.717, 1.165) is 29.8 Å². The van der Waals surface area contributed by atoms with E-state index in [9.17, 15) is 4.79 Å². The summed E-state index contributed by atoms with van der Waals surface area (Å²) in [5.41, 5.74) is 6.69. The van der Waals surface area contributed by atoms with E-state index in [2.05, 4.69) is 45.9 Å². The summed E-state index contributed by atoms with van der Waals surface area (Å²) in [6, 6.07) is 18.7. The third-order valence-electron chi connectivity index (χ3n) is 8.36. The van der Waals surface area contributed by atoms with Crippen molar-refractivity contribution in [3.05, 3.63) is 88.5 Å². The van der Waals surface area contributed by atoms with Crippen molar-refractivity contribution >= 4 is 25.1 Å². The Kier molecular flexibility index (Phi) is 6.48. The Morgan fingerprint density at radius 1 is 1.08 bits per heavy atom. The first-order chi connectivity index (χ1) is 18.7. The molecule has 2 aliphatic heterocycles. The smallest absolute Gasteiger partial charge is 0.449 e. The number of pyridine rings is 1. The number of aromatic nitrogens is 1. The second-order valence-electron chi connectivity index (χ2n) is 11.4. The van der Waals surface area contributed by atoms with Gasteiger partial charge in [0.15, 0.2) is 0 Å². The van der Waals surface area contributed by atoms with Gasteiger partial charge in [-0.3, -0.25) is 0 Å². The Labute approximate surface area is 230 Å². The first-order valence-corrected chi connectivity index (χ1v) is 13.6. The molecule has 0 radical (unpaired) electrons. The maximum absolute atomic E-state index is 12.9. The van der Waals surface area contributed by atoms with Gasteiger partial charge in [0, 0.05) is 25.2 Å². The molecule has 3 heterocycles. The van der Waals surface area contributed by atoms with E-state index in [-0.39, 0.29) is 19.1 Å². The largest absolute Gasteiger partial charge is 0.492 e. The lowest BCUT2D eigenvalue weighted by molar-refractivity contribution is 0.00578. The summed E-state index contributed by atoms with van der Waals surface area (Å²) in [5, 5.41) is 6.23. The van der Waals surface area contributed by atoms with E-state index in [1.807, 2.05) is 64.2 Å². The zero-order valence-electron chi connectivity index (χ0n) is 22.9. The van der Waals surface area contributed by atoms with Crippen molar-refractivity contribution in [2.24, 2.45) is 0 Å². The van der Waals surface area contributed by atoms with Crippen LogP contribution in [-0.4, -0.2) is 49.1 Å². The normalized spacial score (nSPS) is 18.8. The maximum atomic E-state index is 12.9. The average molecular weight is 523 g/mol. The molecular formula is C31H34BN3O4. The highest BCUT2D eigenvalue weighted by atomic mass is 16.7. The molecule has 8 heteroatoms. The SMILES string of the molecule is CC1(C)OB(C(=Cc2cnc3c(c2)CCN3)CNC(=O)OCC2c3ccccc3-c3ccccc32)OC1(C)C. The van der Waals surface area contributed by atoms with Crippen LogP contribution in [0.3, 0.4) is 0 Å². The summed E-state index contributed by atoms with van der Waals surface area (Å²) in [6.07, 6.45) is 4.29. The maximum Gasteiger partial charge on any atom is 0.492 e. The van der Waals surface area contributed by atoms with Crippen LogP contribution in [0.1, 0.15) is 55.9 Å². The van der Waals surface area contributed by atoms with Gasteiger partial charge in [0.05, 0.1) is 11.2 Å². The molecule has 1 amide bonds. The van der Waals surface area contributed by atoms with Crippen LogP contribution in [0, 0.1) is 0 Å². The molecule has 0 unspecified atom stereocenters. The molecule has 3 aliphatic rings. The zero-order valence-corrected chi connectivity index (χ0v) is 22.9. The highest BCUT2D eigenvalue weighted by molar-refractivity contribution is 6.56. The number of hydrogen-bond donors (Lipinski definition) is 2. The van der Waals surface area contributed by atoms with Crippen LogP contribution >= 0.6 is 0 Å². The molecule has 1 fully saturated rings. The minimum absolute atomic E-state index is 0.00681. The quantitative estimate of drug-likeness (QED) is 0.410. The molecule has 1 aromatic heterocycles. The molecule has 2 aromatic carbocycles. The highest BCUT2D eigenvalue weighted by Crippen LogP contribution is 2.44. The zero-order chi connectivity index (χ0) is 27.2. The Hall–Kier alpha value is -3.62. The number of anilines is 1. The van der Waals surface area contributed by atoms with Crippen molar-refractivity contribution in [2.45, 2.75) is 51.2 Å². The van der Waals surface area contributed by atoms with E-state index in [1.165, 1.54) is 27.8 Å². The second kappa shape index (κ2) is 9.85. The van der Waals surface area contributed by atoms with Crippen molar-refractivity contribution < 1.29 is 18.8 Å². The molecule has 3 aromatic rings. The van der Waals surface area contributed by atoms with Gasteiger partial charge in [0.2, 0.25) is 0 Å². The molecule has 6 rings (SSSR count). The van der Waals surface area contributed by atoms with Gasteiger partial charge >= 0.3 is 13.2 Å². The van der Waals surface area contributed by atoms with Crippen molar-refractivity contribution in [1.29, 1.82) is 0 Å². The van der Waals surface area contributed by atoms with Crippen molar-refractivity contribution in [1.82, 2.24) is 10.3 Å². The molecule has 0 saturated carbocycles. The number of amides is 1. The number of alkyl carbamates (subject to hydrolysis) is 1. The van der Waals surface area contributed by atoms with Gasteiger partial charge in [-0.15, -0.1) is 0 Å². The van der Waals surface area contributed by atoms with Crippen LogP contribution in [0.4, 0.5) is 10.6 Å². The third-order valence-corrected chi connectivity index (χ3v) is 8.36. The van der Waals surface area contributed by atoms with E-state index in [1.54, 1.807) is 0 Å². The summed E-state index contributed by atoms with van der Waals surface area (Å²) in [6.45, 7) is 9.46. The topological polar surface area (TPSA) is 81.7 Å². The monoisotopic (exact) mass is 523 g/mol. The van der Waals surface area contributed by atoms with Crippen molar-refractivity contribution in [3.8, 4) is 11.1 Å². The van der Waals surface area contributed by atoms with Crippen molar-refractivity contribution in [3.63, 3.8) is 0 Å². The fraction of sp³-hybridized carbons (Fsp3) is 0.355. The summed E-state index contributed by atoms with van der Waals surface area (Å²) in [7, 11) is -0.602. The van der Waals surface area contributed by atoms with Crippen molar-refractivity contribution in [2.75, 3.05) is 25.0 Å².